The van der Waals surface area contributed by atoms with Gasteiger partial charge in [0.2, 0.25) is 11.8 Å². The number of nitrogens with zero attached hydrogens (tertiary/aromatic N) is 3. The van der Waals surface area contributed by atoms with E-state index in [0.717, 1.165) is 56.0 Å². The zero-order chi connectivity index (χ0) is 30.3. The zero-order valence-corrected chi connectivity index (χ0v) is 26.2. The van der Waals surface area contributed by atoms with E-state index in [4.69, 9.17) is 0 Å². The molecule has 11 heteroatoms. The van der Waals surface area contributed by atoms with Crippen LogP contribution in [0.25, 0.3) is 0 Å². The Hall–Kier alpha value is -3.28. The first-order chi connectivity index (χ1) is 20.1. The third kappa shape index (κ3) is 7.96. The summed E-state index contributed by atoms with van der Waals surface area (Å²) in [4.78, 5) is 29.6. The van der Waals surface area contributed by atoms with Crippen molar-refractivity contribution < 1.29 is 22.4 Å². The maximum absolute atomic E-state index is 15.0. The molecular weight excluding hydrogens is 623 g/mol. The summed E-state index contributed by atoms with van der Waals surface area (Å²) in [6.45, 7) is -0.644. The van der Waals surface area contributed by atoms with Gasteiger partial charge in [0.15, 0.2) is 0 Å². The Morgan fingerprint density at radius 3 is 2.17 bits per heavy atom. The highest BCUT2D eigenvalue weighted by atomic mass is 79.9. The highest BCUT2D eigenvalue weighted by Gasteiger charge is 2.36. The molecule has 4 rings (SSSR count). The van der Waals surface area contributed by atoms with Crippen LogP contribution in [0.5, 0.6) is 0 Å². The number of carbonyl (C=O) groups excluding carboxylic acids is 2. The van der Waals surface area contributed by atoms with Crippen molar-refractivity contribution >= 4 is 43.6 Å². The van der Waals surface area contributed by atoms with Crippen molar-refractivity contribution in [3.63, 3.8) is 0 Å². The van der Waals surface area contributed by atoms with Crippen molar-refractivity contribution in [3.8, 4) is 0 Å². The molecule has 1 aliphatic carbocycles. The van der Waals surface area contributed by atoms with Crippen LogP contribution >= 0.6 is 15.9 Å². The summed E-state index contributed by atoms with van der Waals surface area (Å²) in [6, 6.07) is 21.2. The van der Waals surface area contributed by atoms with Crippen LogP contribution in [0, 0.1) is 5.82 Å². The molecule has 0 bridgehead atoms. The van der Waals surface area contributed by atoms with Gasteiger partial charge < -0.3 is 10.2 Å². The van der Waals surface area contributed by atoms with E-state index in [2.05, 4.69) is 21.2 Å². The largest absolute Gasteiger partial charge is 0.352 e. The summed E-state index contributed by atoms with van der Waals surface area (Å²) in [5.41, 5.74) is 1.36. The van der Waals surface area contributed by atoms with E-state index in [-0.39, 0.29) is 30.6 Å². The Bertz CT molecular complexity index is 1470. The smallest absolute Gasteiger partial charge is 0.304 e. The van der Waals surface area contributed by atoms with Crippen LogP contribution in [-0.2, 0) is 32.8 Å². The van der Waals surface area contributed by atoms with Crippen molar-refractivity contribution in [2.45, 2.75) is 50.7 Å². The van der Waals surface area contributed by atoms with Gasteiger partial charge in [0.25, 0.3) is 0 Å². The average Bonchev–Trinajstić information content (AvgIpc) is 3.48. The molecule has 1 unspecified atom stereocenters. The predicted molar refractivity (Wildman–Crippen MR) is 165 cm³/mol. The van der Waals surface area contributed by atoms with Crippen LogP contribution in [0.3, 0.4) is 0 Å². The number of halogens is 2. The van der Waals surface area contributed by atoms with Crippen LogP contribution in [0.1, 0.15) is 36.8 Å². The molecule has 0 saturated heterocycles. The Labute approximate surface area is 255 Å². The fourth-order valence-electron chi connectivity index (χ4n) is 5.06. The minimum absolute atomic E-state index is 0.0180. The summed E-state index contributed by atoms with van der Waals surface area (Å²) in [7, 11) is -1.63. The van der Waals surface area contributed by atoms with Crippen LogP contribution in [0.4, 0.5) is 10.1 Å². The van der Waals surface area contributed by atoms with Crippen molar-refractivity contribution in [1.29, 1.82) is 0 Å². The number of rotatable bonds is 12. The summed E-state index contributed by atoms with van der Waals surface area (Å²) >= 11 is 3.43. The molecule has 42 heavy (non-hydrogen) atoms. The molecular formula is C31H36BrFN4O4S. The van der Waals surface area contributed by atoms with E-state index in [9.17, 15) is 22.4 Å². The number of para-hydroxylation sites is 1. The maximum Gasteiger partial charge on any atom is 0.304 e. The first-order valence-electron chi connectivity index (χ1n) is 13.9. The normalized spacial score (nSPS) is 14.5. The van der Waals surface area contributed by atoms with E-state index in [0.29, 0.717) is 0 Å². The SMILES string of the molecule is CN(C)S(=O)(=O)N(CC(=O)N(Cc1ccc(Br)cc1)C(Cc1ccccc1)C(=O)NC1CCCC1)c1ccccc1F. The number of carbonyl (C=O) groups is 2. The topological polar surface area (TPSA) is 90.0 Å². The highest BCUT2D eigenvalue weighted by Crippen LogP contribution is 2.25. The number of amides is 2. The highest BCUT2D eigenvalue weighted by molar-refractivity contribution is 9.10. The molecule has 1 aliphatic rings. The van der Waals surface area contributed by atoms with E-state index in [1.165, 1.54) is 37.2 Å². The predicted octanol–water partition coefficient (Wildman–Crippen LogP) is 4.90. The Balaban J connectivity index is 1.76. The average molecular weight is 660 g/mol. The molecule has 3 aromatic rings. The number of anilines is 1. The monoisotopic (exact) mass is 658 g/mol. The van der Waals surface area contributed by atoms with E-state index in [1.54, 1.807) is 0 Å². The lowest BCUT2D eigenvalue weighted by Crippen LogP contribution is -2.55. The molecule has 0 aromatic heterocycles. The fourth-order valence-corrected chi connectivity index (χ4v) is 6.39. The van der Waals surface area contributed by atoms with Gasteiger partial charge in [-0.25, -0.2) is 8.70 Å². The second kappa shape index (κ2) is 14.3. The van der Waals surface area contributed by atoms with E-state index >= 15 is 0 Å². The molecule has 8 nitrogen and oxygen atoms in total. The second-order valence-electron chi connectivity index (χ2n) is 10.6. The van der Waals surface area contributed by atoms with Gasteiger partial charge in [0.1, 0.15) is 18.4 Å². The summed E-state index contributed by atoms with van der Waals surface area (Å²) in [6.07, 6.45) is 4.01. The molecule has 2 amide bonds. The quantitative estimate of drug-likeness (QED) is 0.300. The molecule has 0 radical (unpaired) electrons. The Kier molecular flexibility index (Phi) is 10.7. The summed E-state index contributed by atoms with van der Waals surface area (Å²) in [5, 5.41) is 3.13. The van der Waals surface area contributed by atoms with Gasteiger partial charge in [-0.05, 0) is 48.2 Å². The molecule has 0 aliphatic heterocycles. The molecule has 1 atom stereocenters. The molecule has 1 fully saturated rings. The zero-order valence-electron chi connectivity index (χ0n) is 23.7. The van der Waals surface area contributed by atoms with Gasteiger partial charge >= 0.3 is 10.2 Å². The van der Waals surface area contributed by atoms with E-state index in [1.807, 2.05) is 54.6 Å². The lowest BCUT2D eigenvalue weighted by molar-refractivity contribution is -0.140. The summed E-state index contributed by atoms with van der Waals surface area (Å²) in [5.74, 6) is -1.71. The number of hydrogen-bond donors (Lipinski definition) is 1. The van der Waals surface area contributed by atoms with E-state index < -0.39 is 34.5 Å². The lowest BCUT2D eigenvalue weighted by atomic mass is 10.0. The van der Waals surface area contributed by atoms with Gasteiger partial charge in [0.05, 0.1) is 5.69 Å². The first-order valence-corrected chi connectivity index (χ1v) is 16.1. The van der Waals surface area contributed by atoms with Crippen LogP contribution in [0.2, 0.25) is 0 Å². The molecule has 1 saturated carbocycles. The molecule has 0 heterocycles. The number of hydrogen-bond acceptors (Lipinski definition) is 4. The number of benzene rings is 3. The molecule has 1 N–H and O–H groups in total. The van der Waals surface area contributed by atoms with Gasteiger partial charge in [-0.15, -0.1) is 0 Å². The van der Waals surface area contributed by atoms with Crippen molar-refractivity contribution in [1.82, 2.24) is 14.5 Å². The van der Waals surface area contributed by atoms with Gasteiger partial charge in [-0.2, -0.15) is 12.7 Å². The van der Waals surface area contributed by atoms with Crippen molar-refractivity contribution in [2.24, 2.45) is 0 Å². The maximum atomic E-state index is 15.0. The minimum atomic E-state index is -4.27. The number of nitrogens with one attached hydrogen (secondary N) is 1. The van der Waals surface area contributed by atoms with Crippen LogP contribution in [-0.4, -0.2) is 62.2 Å². The fraction of sp³-hybridized carbons (Fsp3) is 0.355. The van der Waals surface area contributed by atoms with Crippen LogP contribution in [0.15, 0.2) is 83.3 Å². The Morgan fingerprint density at radius 1 is 0.929 bits per heavy atom. The third-order valence-electron chi connectivity index (χ3n) is 7.38. The third-order valence-corrected chi connectivity index (χ3v) is 9.71. The standard InChI is InChI=1S/C31H36BrFN4O4S/c1-35(2)42(40,41)37(28-15-9-8-14-27(28)33)22-30(38)36(21-24-16-18-25(32)19-17-24)29(20-23-10-4-3-5-11-23)31(39)34-26-12-6-7-13-26/h3-5,8-11,14-19,26,29H,6-7,12-13,20-22H2,1-2H3,(H,34,39). The lowest BCUT2D eigenvalue weighted by Gasteiger charge is -2.35. The van der Waals surface area contributed by atoms with Crippen molar-refractivity contribution in [2.75, 3.05) is 24.9 Å². The minimum Gasteiger partial charge on any atom is -0.352 e. The van der Waals surface area contributed by atoms with Gasteiger partial charge in [-0.1, -0.05) is 83.4 Å². The second-order valence-corrected chi connectivity index (χ2v) is 13.6. The van der Waals surface area contributed by atoms with Gasteiger partial charge in [-0.3, -0.25) is 9.59 Å². The van der Waals surface area contributed by atoms with Crippen LogP contribution < -0.4 is 9.62 Å². The first kappa shape index (κ1) is 31.7. The summed E-state index contributed by atoms with van der Waals surface area (Å²) < 4.78 is 44.3. The molecule has 3 aromatic carbocycles. The Morgan fingerprint density at radius 2 is 1.55 bits per heavy atom. The van der Waals surface area contributed by atoms with Gasteiger partial charge in [0, 0.05) is 37.6 Å². The van der Waals surface area contributed by atoms with Crippen molar-refractivity contribution in [3.05, 3.63) is 100 Å². The molecule has 224 valence electrons. The molecule has 0 spiro atoms.